The number of hydrogen-bond donors (Lipinski definition) is 0. The van der Waals surface area contributed by atoms with Crippen LogP contribution in [0.25, 0.3) is 0 Å². The van der Waals surface area contributed by atoms with E-state index in [0.29, 0.717) is 0 Å². The lowest BCUT2D eigenvalue weighted by molar-refractivity contribution is 0.0973. The summed E-state index contributed by atoms with van der Waals surface area (Å²) in [6, 6.07) is 27.6. The second-order valence-corrected chi connectivity index (χ2v) is 5.43. The Morgan fingerprint density at radius 2 is 1.27 bits per heavy atom. The van der Waals surface area contributed by atoms with Crippen LogP contribution in [0, 0.1) is 6.92 Å². The minimum Gasteiger partial charge on any atom is -0.293 e. The van der Waals surface area contributed by atoms with E-state index in [-0.39, 0.29) is 11.7 Å². The smallest absolute Gasteiger partial charge is 0.174 e. The maximum Gasteiger partial charge on any atom is 0.174 e. The molecule has 0 fully saturated rings. The van der Waals surface area contributed by atoms with Crippen LogP contribution in [-0.2, 0) is 0 Å². The molecule has 108 valence electrons. The van der Waals surface area contributed by atoms with Gasteiger partial charge in [-0.15, -0.1) is 0 Å². The maximum absolute atomic E-state index is 13.1. The topological polar surface area (TPSA) is 17.1 Å². The van der Waals surface area contributed by atoms with Crippen molar-refractivity contribution < 1.29 is 4.79 Å². The van der Waals surface area contributed by atoms with Crippen molar-refractivity contribution in [3.63, 3.8) is 0 Å². The lowest BCUT2D eigenvalue weighted by atomic mass is 9.83. The molecule has 0 saturated carbocycles. The zero-order valence-corrected chi connectivity index (χ0v) is 12.6. The number of carbonyl (C=O) groups is 1. The van der Waals surface area contributed by atoms with Gasteiger partial charge in [-0.05, 0) is 23.6 Å². The lowest BCUT2D eigenvalue weighted by Crippen LogP contribution is -2.15. The van der Waals surface area contributed by atoms with Gasteiger partial charge in [-0.3, -0.25) is 4.79 Å². The average Bonchev–Trinajstić information content (AvgIpc) is 2.58. The molecule has 0 aromatic heterocycles. The molecule has 1 unspecified atom stereocenters. The zero-order valence-electron chi connectivity index (χ0n) is 12.6. The number of Topliss-reactive ketones (excluding diaryl/α,β-unsaturated/α-hetero) is 1. The van der Waals surface area contributed by atoms with E-state index in [0.717, 1.165) is 22.3 Å². The van der Waals surface area contributed by atoms with Crippen LogP contribution in [0.2, 0.25) is 0 Å². The maximum atomic E-state index is 13.1. The van der Waals surface area contributed by atoms with Crippen molar-refractivity contribution in [1.29, 1.82) is 0 Å². The zero-order chi connectivity index (χ0) is 15.4. The van der Waals surface area contributed by atoms with E-state index in [2.05, 4.69) is 13.0 Å². The summed E-state index contributed by atoms with van der Waals surface area (Å²) in [5.41, 5.74) is 3.99. The van der Waals surface area contributed by atoms with Crippen molar-refractivity contribution in [2.75, 3.05) is 0 Å². The van der Waals surface area contributed by atoms with Gasteiger partial charge in [0.2, 0.25) is 0 Å². The van der Waals surface area contributed by atoms with E-state index in [9.17, 15) is 4.79 Å². The number of hydrogen-bond acceptors (Lipinski definition) is 1. The Labute approximate surface area is 131 Å². The number of rotatable bonds is 4. The van der Waals surface area contributed by atoms with Crippen molar-refractivity contribution in [2.45, 2.75) is 12.8 Å². The first-order chi connectivity index (χ1) is 10.8. The first-order valence-corrected chi connectivity index (χ1v) is 7.47. The van der Waals surface area contributed by atoms with E-state index in [1.54, 1.807) is 0 Å². The van der Waals surface area contributed by atoms with E-state index in [4.69, 9.17) is 0 Å². The summed E-state index contributed by atoms with van der Waals surface area (Å²) >= 11 is 0. The highest BCUT2D eigenvalue weighted by Crippen LogP contribution is 2.30. The van der Waals surface area contributed by atoms with Crippen LogP contribution in [0.15, 0.2) is 84.9 Å². The molecule has 0 amide bonds. The summed E-state index contributed by atoms with van der Waals surface area (Å²) in [7, 11) is 0. The fraction of sp³-hybridized carbons (Fsp3) is 0.0952. The molecule has 0 spiro atoms. The first kappa shape index (κ1) is 14.3. The van der Waals surface area contributed by atoms with Gasteiger partial charge in [-0.25, -0.2) is 0 Å². The van der Waals surface area contributed by atoms with Gasteiger partial charge in [0.15, 0.2) is 5.78 Å². The normalized spacial score (nSPS) is 11.9. The van der Waals surface area contributed by atoms with Gasteiger partial charge in [0.1, 0.15) is 0 Å². The van der Waals surface area contributed by atoms with Crippen molar-refractivity contribution in [2.24, 2.45) is 0 Å². The highest BCUT2D eigenvalue weighted by atomic mass is 16.1. The molecule has 3 aromatic rings. The van der Waals surface area contributed by atoms with Gasteiger partial charge in [0.25, 0.3) is 0 Å². The number of ketones is 1. The first-order valence-electron chi connectivity index (χ1n) is 7.47. The largest absolute Gasteiger partial charge is 0.293 e. The molecule has 0 heterocycles. The van der Waals surface area contributed by atoms with Gasteiger partial charge >= 0.3 is 0 Å². The molecule has 0 aliphatic carbocycles. The predicted octanol–water partition coefficient (Wildman–Crippen LogP) is 5.01. The molecule has 1 atom stereocenters. The highest BCUT2D eigenvalue weighted by molar-refractivity contribution is 6.03. The Bertz CT molecular complexity index is 760. The predicted molar refractivity (Wildman–Crippen MR) is 90.2 cm³/mol. The van der Waals surface area contributed by atoms with Crippen molar-refractivity contribution in [1.82, 2.24) is 0 Å². The van der Waals surface area contributed by atoms with Gasteiger partial charge in [0, 0.05) is 5.56 Å². The quantitative estimate of drug-likeness (QED) is 0.616. The summed E-state index contributed by atoms with van der Waals surface area (Å²) in [4.78, 5) is 13.1. The SMILES string of the molecule is Cc1ccccc1C(C(=O)c1ccccc1)c1ccccc1. The Morgan fingerprint density at radius 3 is 1.91 bits per heavy atom. The Balaban J connectivity index is 2.12. The molecular formula is C21H18O. The third kappa shape index (κ3) is 2.84. The van der Waals surface area contributed by atoms with Crippen LogP contribution in [0.1, 0.15) is 33.0 Å². The van der Waals surface area contributed by atoms with Crippen LogP contribution in [0.3, 0.4) is 0 Å². The third-order valence-corrected chi connectivity index (χ3v) is 3.95. The number of carbonyl (C=O) groups excluding carboxylic acids is 1. The van der Waals surface area contributed by atoms with E-state index in [1.165, 1.54) is 0 Å². The fourth-order valence-electron chi connectivity index (χ4n) is 2.80. The summed E-state index contributed by atoms with van der Waals surface area (Å²) in [5.74, 6) is -0.120. The summed E-state index contributed by atoms with van der Waals surface area (Å²) in [5, 5.41) is 0. The van der Waals surface area contributed by atoms with Crippen molar-refractivity contribution >= 4 is 5.78 Å². The average molecular weight is 286 g/mol. The molecule has 0 saturated heterocycles. The molecule has 22 heavy (non-hydrogen) atoms. The summed E-state index contributed by atoms with van der Waals surface area (Å²) < 4.78 is 0. The summed E-state index contributed by atoms with van der Waals surface area (Å²) in [6.45, 7) is 2.06. The van der Waals surface area contributed by atoms with Crippen LogP contribution in [0.5, 0.6) is 0 Å². The van der Waals surface area contributed by atoms with Gasteiger partial charge < -0.3 is 0 Å². The van der Waals surface area contributed by atoms with Crippen LogP contribution < -0.4 is 0 Å². The Hall–Kier alpha value is -2.67. The van der Waals surface area contributed by atoms with E-state index < -0.39 is 0 Å². The molecule has 0 radical (unpaired) electrons. The molecular weight excluding hydrogens is 268 g/mol. The number of aryl methyl sites for hydroxylation is 1. The van der Waals surface area contributed by atoms with Gasteiger partial charge in [-0.1, -0.05) is 84.9 Å². The minimum absolute atomic E-state index is 0.140. The van der Waals surface area contributed by atoms with Crippen LogP contribution in [-0.4, -0.2) is 5.78 Å². The molecule has 0 aliphatic rings. The van der Waals surface area contributed by atoms with Gasteiger partial charge in [0.05, 0.1) is 5.92 Å². The summed E-state index contributed by atoms with van der Waals surface area (Å²) in [6.07, 6.45) is 0. The molecule has 0 N–H and O–H groups in total. The standard InChI is InChI=1S/C21H18O/c1-16-10-8-9-15-19(16)20(17-11-4-2-5-12-17)21(22)18-13-6-3-7-14-18/h2-15,20H,1H3. The molecule has 0 bridgehead atoms. The van der Waals surface area contributed by atoms with Crippen LogP contribution >= 0.6 is 0 Å². The number of benzene rings is 3. The van der Waals surface area contributed by atoms with Crippen LogP contribution in [0.4, 0.5) is 0 Å². The monoisotopic (exact) mass is 286 g/mol. The van der Waals surface area contributed by atoms with Crippen molar-refractivity contribution in [3.8, 4) is 0 Å². The Kier molecular flexibility index (Phi) is 4.15. The second-order valence-electron chi connectivity index (χ2n) is 5.43. The minimum atomic E-state index is -0.259. The Morgan fingerprint density at radius 1 is 0.727 bits per heavy atom. The molecule has 3 aromatic carbocycles. The molecule has 1 heteroatoms. The third-order valence-electron chi connectivity index (χ3n) is 3.95. The molecule has 1 nitrogen and oxygen atoms in total. The van der Waals surface area contributed by atoms with Crippen molar-refractivity contribution in [3.05, 3.63) is 107 Å². The van der Waals surface area contributed by atoms with Gasteiger partial charge in [-0.2, -0.15) is 0 Å². The van der Waals surface area contributed by atoms with E-state index >= 15 is 0 Å². The lowest BCUT2D eigenvalue weighted by Gasteiger charge is -2.19. The highest BCUT2D eigenvalue weighted by Gasteiger charge is 2.24. The second kappa shape index (κ2) is 6.40. The fourth-order valence-corrected chi connectivity index (χ4v) is 2.80. The molecule has 3 rings (SSSR count). The molecule has 0 aliphatic heterocycles. The van der Waals surface area contributed by atoms with E-state index in [1.807, 2.05) is 78.9 Å².